The molecule has 1 saturated carbocycles. The SMILES string of the molecule is CC(=O)c1cc2c(Nc3cc([C@H]4CC[C@@H](OC(=O)NC(C)C)C4)nn3C(C)(C)C)nccn2n1. The zero-order valence-electron chi connectivity index (χ0n) is 20.6. The second kappa shape index (κ2) is 9.08. The number of fused-ring (bicyclic) bond motifs is 1. The van der Waals surface area contributed by atoms with Crippen molar-refractivity contribution in [3.8, 4) is 0 Å². The van der Waals surface area contributed by atoms with Gasteiger partial charge in [-0.15, -0.1) is 0 Å². The van der Waals surface area contributed by atoms with Gasteiger partial charge in [-0.25, -0.2) is 19.0 Å². The summed E-state index contributed by atoms with van der Waals surface area (Å²) in [7, 11) is 0. The van der Waals surface area contributed by atoms with Crippen molar-refractivity contribution in [2.24, 2.45) is 0 Å². The van der Waals surface area contributed by atoms with Crippen molar-refractivity contribution < 1.29 is 14.3 Å². The molecule has 0 unspecified atom stereocenters. The molecule has 0 aromatic carbocycles. The number of alkyl carbamates (subject to hydrolysis) is 1. The lowest BCUT2D eigenvalue weighted by Gasteiger charge is -2.22. The standard InChI is InChI=1S/C24H33N7O3/c1-14(2)26-23(33)34-17-8-7-16(11-17)19-13-21(31(29-19)24(4,5)6)27-22-20-12-18(15(3)32)28-30(20)10-9-25-22/h9-10,12-14,16-17H,7-8,11H2,1-6H3,(H,25,27)(H,26,33)/t16-,17+/m0/s1. The third-order valence-electron chi connectivity index (χ3n) is 5.84. The zero-order chi connectivity index (χ0) is 24.6. The van der Waals surface area contributed by atoms with Crippen LogP contribution in [0, 0.1) is 0 Å². The Morgan fingerprint density at radius 3 is 2.62 bits per heavy atom. The van der Waals surface area contributed by atoms with Crippen LogP contribution in [-0.2, 0) is 10.3 Å². The van der Waals surface area contributed by atoms with E-state index < -0.39 is 0 Å². The van der Waals surface area contributed by atoms with Crippen LogP contribution in [0.4, 0.5) is 16.4 Å². The van der Waals surface area contributed by atoms with Gasteiger partial charge < -0.3 is 15.4 Å². The summed E-state index contributed by atoms with van der Waals surface area (Å²) in [6, 6.07) is 3.82. The number of amides is 1. The van der Waals surface area contributed by atoms with Crippen molar-refractivity contribution >= 4 is 29.0 Å². The fourth-order valence-corrected chi connectivity index (χ4v) is 4.25. The number of nitrogens with zero attached hydrogens (tertiary/aromatic N) is 5. The average Bonchev–Trinajstić information content (AvgIpc) is 3.44. The first-order valence-corrected chi connectivity index (χ1v) is 11.7. The Morgan fingerprint density at radius 1 is 1.18 bits per heavy atom. The number of hydrogen-bond acceptors (Lipinski definition) is 7. The fraction of sp³-hybridized carbons (Fsp3) is 0.542. The number of nitrogens with one attached hydrogen (secondary N) is 2. The van der Waals surface area contributed by atoms with Crippen molar-refractivity contribution in [1.82, 2.24) is 29.7 Å². The molecule has 0 radical (unpaired) electrons. The van der Waals surface area contributed by atoms with Crippen molar-refractivity contribution in [3.63, 3.8) is 0 Å². The number of hydrogen-bond donors (Lipinski definition) is 2. The third-order valence-corrected chi connectivity index (χ3v) is 5.84. The van der Waals surface area contributed by atoms with Crippen LogP contribution >= 0.6 is 0 Å². The quantitative estimate of drug-likeness (QED) is 0.516. The topological polar surface area (TPSA) is 115 Å². The van der Waals surface area contributed by atoms with E-state index in [0.717, 1.165) is 30.8 Å². The van der Waals surface area contributed by atoms with E-state index in [1.165, 1.54) is 6.92 Å². The van der Waals surface area contributed by atoms with Gasteiger partial charge in [0, 0.05) is 37.3 Å². The number of carbonyl (C=O) groups is 2. The van der Waals surface area contributed by atoms with Crippen LogP contribution in [0.25, 0.3) is 5.52 Å². The summed E-state index contributed by atoms with van der Waals surface area (Å²) in [5.41, 5.74) is 1.78. The van der Waals surface area contributed by atoms with Gasteiger partial charge in [0.1, 0.15) is 23.1 Å². The summed E-state index contributed by atoms with van der Waals surface area (Å²) in [5, 5.41) is 15.4. The lowest BCUT2D eigenvalue weighted by atomic mass is 10.0. The van der Waals surface area contributed by atoms with Crippen LogP contribution in [0.5, 0.6) is 0 Å². The van der Waals surface area contributed by atoms with E-state index in [1.807, 2.05) is 24.6 Å². The zero-order valence-corrected chi connectivity index (χ0v) is 20.6. The van der Waals surface area contributed by atoms with Crippen LogP contribution in [-0.4, -0.2) is 48.4 Å². The van der Waals surface area contributed by atoms with Crippen LogP contribution in [0.15, 0.2) is 24.5 Å². The van der Waals surface area contributed by atoms with Gasteiger partial charge in [0.25, 0.3) is 0 Å². The molecule has 0 spiro atoms. The summed E-state index contributed by atoms with van der Waals surface area (Å²) in [5.74, 6) is 1.49. The Balaban J connectivity index is 1.58. The Bertz CT molecular complexity index is 1210. The molecule has 3 aromatic heterocycles. The minimum Gasteiger partial charge on any atom is -0.446 e. The van der Waals surface area contributed by atoms with E-state index in [9.17, 15) is 9.59 Å². The van der Waals surface area contributed by atoms with Crippen molar-refractivity contribution in [1.29, 1.82) is 0 Å². The van der Waals surface area contributed by atoms with E-state index in [-0.39, 0.29) is 35.5 Å². The summed E-state index contributed by atoms with van der Waals surface area (Å²) in [6.45, 7) is 11.6. The molecule has 3 aromatic rings. The van der Waals surface area contributed by atoms with E-state index in [2.05, 4.69) is 41.5 Å². The van der Waals surface area contributed by atoms with E-state index in [0.29, 0.717) is 17.0 Å². The molecule has 2 N–H and O–H groups in total. The lowest BCUT2D eigenvalue weighted by Crippen LogP contribution is -2.33. The summed E-state index contributed by atoms with van der Waals surface area (Å²) in [4.78, 5) is 28.3. The minimum absolute atomic E-state index is 0.0428. The first kappa shape index (κ1) is 23.7. The van der Waals surface area contributed by atoms with Crippen molar-refractivity contribution in [2.75, 3.05) is 5.32 Å². The molecule has 1 fully saturated rings. The predicted molar refractivity (Wildman–Crippen MR) is 129 cm³/mol. The summed E-state index contributed by atoms with van der Waals surface area (Å²) in [6.07, 6.45) is 5.33. The van der Waals surface area contributed by atoms with Gasteiger partial charge in [-0.3, -0.25) is 4.79 Å². The maximum absolute atomic E-state index is 12.0. The Morgan fingerprint density at radius 2 is 1.94 bits per heavy atom. The highest BCUT2D eigenvalue weighted by Gasteiger charge is 2.32. The Labute approximate surface area is 199 Å². The number of Topliss-reactive ketones (excluding diaryl/α,β-unsaturated/α-hetero) is 1. The maximum Gasteiger partial charge on any atom is 0.407 e. The normalized spacial score (nSPS) is 18.4. The Kier molecular flexibility index (Phi) is 6.33. The molecule has 0 aliphatic heterocycles. The van der Waals surface area contributed by atoms with Crippen LogP contribution in [0.2, 0.25) is 0 Å². The first-order chi connectivity index (χ1) is 16.0. The number of carbonyl (C=O) groups excluding carboxylic acids is 2. The van der Waals surface area contributed by atoms with Gasteiger partial charge >= 0.3 is 6.09 Å². The molecule has 3 heterocycles. The highest BCUT2D eigenvalue weighted by molar-refractivity contribution is 5.94. The molecule has 1 aliphatic carbocycles. The smallest absolute Gasteiger partial charge is 0.407 e. The number of rotatable bonds is 6. The number of aromatic nitrogens is 5. The van der Waals surface area contributed by atoms with Gasteiger partial charge in [-0.2, -0.15) is 10.2 Å². The number of ether oxygens (including phenoxy) is 1. The van der Waals surface area contributed by atoms with Gasteiger partial charge in [-0.1, -0.05) is 0 Å². The van der Waals surface area contributed by atoms with E-state index >= 15 is 0 Å². The van der Waals surface area contributed by atoms with Crippen LogP contribution < -0.4 is 10.6 Å². The second-order valence-electron chi connectivity index (χ2n) is 10.2. The first-order valence-electron chi connectivity index (χ1n) is 11.7. The molecule has 0 saturated heterocycles. The molecule has 10 nitrogen and oxygen atoms in total. The minimum atomic E-state index is -0.367. The molecule has 4 rings (SSSR count). The van der Waals surface area contributed by atoms with E-state index in [4.69, 9.17) is 9.84 Å². The lowest BCUT2D eigenvalue weighted by molar-refractivity contribution is 0.0979. The maximum atomic E-state index is 12.0. The third kappa shape index (κ3) is 5.05. The second-order valence-corrected chi connectivity index (χ2v) is 10.2. The molecule has 0 bridgehead atoms. The molecular weight excluding hydrogens is 434 g/mol. The van der Waals surface area contributed by atoms with Crippen LogP contribution in [0.1, 0.15) is 82.9 Å². The molecule has 1 aliphatic rings. The summed E-state index contributed by atoms with van der Waals surface area (Å²) >= 11 is 0. The molecule has 1 amide bonds. The van der Waals surface area contributed by atoms with Gasteiger partial charge in [-0.05, 0) is 59.9 Å². The molecule has 2 atom stereocenters. The Hall–Kier alpha value is -3.43. The summed E-state index contributed by atoms with van der Waals surface area (Å²) < 4.78 is 9.19. The average molecular weight is 468 g/mol. The van der Waals surface area contributed by atoms with E-state index in [1.54, 1.807) is 23.0 Å². The van der Waals surface area contributed by atoms with Crippen molar-refractivity contribution in [2.45, 2.75) is 84.4 Å². The number of anilines is 2. The number of ketones is 1. The van der Waals surface area contributed by atoms with Crippen LogP contribution in [0.3, 0.4) is 0 Å². The molecular formula is C24H33N7O3. The highest BCUT2D eigenvalue weighted by Crippen LogP contribution is 2.38. The molecule has 182 valence electrons. The predicted octanol–water partition coefficient (Wildman–Crippen LogP) is 4.40. The van der Waals surface area contributed by atoms with Gasteiger partial charge in [0.2, 0.25) is 0 Å². The van der Waals surface area contributed by atoms with Gasteiger partial charge in [0.15, 0.2) is 11.6 Å². The van der Waals surface area contributed by atoms with Gasteiger partial charge in [0.05, 0.1) is 11.2 Å². The highest BCUT2D eigenvalue weighted by atomic mass is 16.6. The molecule has 10 heteroatoms. The monoisotopic (exact) mass is 467 g/mol. The van der Waals surface area contributed by atoms with Crippen molar-refractivity contribution in [3.05, 3.63) is 35.9 Å². The largest absolute Gasteiger partial charge is 0.446 e. The molecule has 34 heavy (non-hydrogen) atoms. The fourth-order valence-electron chi connectivity index (χ4n) is 4.25.